The SMILES string of the molecule is COc1cc2c(NC(C)c3cccc(Br)c3)nc(C)nc2cc1OCCCCCCCCCCCCc1scc2c1CN(C1CCC(=O)NC1=O)C2=O. The van der Waals surface area contributed by atoms with Gasteiger partial charge in [-0.2, -0.15) is 0 Å². The average Bonchev–Trinajstić information content (AvgIpc) is 3.69. The van der Waals surface area contributed by atoms with Crippen LogP contribution in [0.15, 0.2) is 46.3 Å². The number of anilines is 1. The minimum absolute atomic E-state index is 0.0500. The van der Waals surface area contributed by atoms with E-state index in [2.05, 4.69) is 45.6 Å². The largest absolute Gasteiger partial charge is 0.493 e. The Morgan fingerprint density at radius 2 is 1.72 bits per heavy atom. The molecule has 2 N–H and O–H groups in total. The molecule has 0 aliphatic carbocycles. The summed E-state index contributed by atoms with van der Waals surface area (Å²) < 4.78 is 13.0. The fourth-order valence-corrected chi connectivity index (χ4v) is 8.80. The molecular formula is C41H50BrN5O5S. The van der Waals surface area contributed by atoms with Crippen molar-refractivity contribution in [3.8, 4) is 11.5 Å². The maximum Gasteiger partial charge on any atom is 0.256 e. The number of benzene rings is 2. The Hall–Kier alpha value is -4.03. The number of hydrogen-bond donors (Lipinski definition) is 2. The van der Waals surface area contributed by atoms with Crippen LogP contribution in [-0.4, -0.2) is 52.3 Å². The highest BCUT2D eigenvalue weighted by Crippen LogP contribution is 2.37. The van der Waals surface area contributed by atoms with E-state index in [1.165, 1.54) is 49.8 Å². The van der Waals surface area contributed by atoms with Crippen molar-refractivity contribution in [1.29, 1.82) is 0 Å². The second-order valence-electron chi connectivity index (χ2n) is 14.1. The van der Waals surface area contributed by atoms with Gasteiger partial charge in [-0.15, -0.1) is 11.3 Å². The van der Waals surface area contributed by atoms with E-state index in [0.29, 0.717) is 36.9 Å². The highest BCUT2D eigenvalue weighted by Gasteiger charge is 2.40. The normalized spacial score (nSPS) is 16.2. The van der Waals surface area contributed by atoms with E-state index in [-0.39, 0.29) is 30.2 Å². The summed E-state index contributed by atoms with van der Waals surface area (Å²) in [6.45, 7) is 5.13. The number of rotatable bonds is 19. The van der Waals surface area contributed by atoms with Gasteiger partial charge in [-0.05, 0) is 68.9 Å². The molecule has 1 fully saturated rings. The van der Waals surface area contributed by atoms with Crippen molar-refractivity contribution >= 4 is 61.7 Å². The molecule has 1 saturated heterocycles. The van der Waals surface area contributed by atoms with Crippen LogP contribution in [-0.2, 0) is 22.6 Å². The number of thiophene rings is 1. The van der Waals surface area contributed by atoms with Crippen LogP contribution in [0.4, 0.5) is 5.82 Å². The number of nitrogens with one attached hydrogen (secondary N) is 2. The lowest BCUT2D eigenvalue weighted by Crippen LogP contribution is -2.52. The van der Waals surface area contributed by atoms with Crippen molar-refractivity contribution in [2.24, 2.45) is 0 Å². The van der Waals surface area contributed by atoms with Gasteiger partial charge in [-0.1, -0.05) is 79.4 Å². The van der Waals surface area contributed by atoms with E-state index in [1.807, 2.05) is 36.6 Å². The maximum atomic E-state index is 13.0. The van der Waals surface area contributed by atoms with E-state index >= 15 is 0 Å². The molecule has 0 spiro atoms. The van der Waals surface area contributed by atoms with Gasteiger partial charge in [0.2, 0.25) is 11.8 Å². The van der Waals surface area contributed by atoms with Gasteiger partial charge in [0.1, 0.15) is 17.7 Å². The zero-order valence-corrected chi connectivity index (χ0v) is 33.4. The van der Waals surface area contributed by atoms with Gasteiger partial charge in [-0.25, -0.2) is 9.97 Å². The summed E-state index contributed by atoms with van der Waals surface area (Å²) in [5.41, 5.74) is 3.80. The minimum atomic E-state index is -0.547. The summed E-state index contributed by atoms with van der Waals surface area (Å²) in [7, 11) is 1.67. The first-order valence-corrected chi connectivity index (χ1v) is 20.6. The van der Waals surface area contributed by atoms with Gasteiger partial charge in [0.15, 0.2) is 11.5 Å². The molecule has 2 atom stereocenters. The smallest absolute Gasteiger partial charge is 0.256 e. The zero-order valence-electron chi connectivity index (χ0n) is 31.0. The summed E-state index contributed by atoms with van der Waals surface area (Å²) in [5.74, 6) is 2.15. The van der Waals surface area contributed by atoms with Gasteiger partial charge in [-0.3, -0.25) is 19.7 Å². The summed E-state index contributed by atoms with van der Waals surface area (Å²) in [6, 6.07) is 11.7. The van der Waals surface area contributed by atoms with E-state index in [0.717, 1.165) is 63.6 Å². The Morgan fingerprint density at radius 3 is 2.43 bits per heavy atom. The molecule has 2 aliphatic rings. The molecule has 4 aromatic rings. The van der Waals surface area contributed by atoms with Crippen LogP contribution in [0.2, 0.25) is 0 Å². The Morgan fingerprint density at radius 1 is 0.981 bits per heavy atom. The van der Waals surface area contributed by atoms with E-state index in [4.69, 9.17) is 19.4 Å². The molecule has 0 bridgehead atoms. The standard InChI is InChI=1S/C41H50BrN5O5S/c1-26(28-15-14-16-29(42)21-28)43-39-30-22-35(51-3)36(23-33(30)44-27(2)45-39)52-20-13-11-9-7-5-4-6-8-10-12-17-37-31-24-47(41(50)32(31)25-53-37)34-18-19-38(48)46-40(34)49/h14-16,21-23,25-26,34H,4-13,17-20,24H2,1-3H3,(H,43,44,45)(H,46,48,49). The number of halogens is 1. The van der Waals surface area contributed by atoms with Crippen LogP contribution in [0.5, 0.6) is 11.5 Å². The van der Waals surface area contributed by atoms with Crippen LogP contribution < -0.4 is 20.1 Å². The number of fused-ring (bicyclic) bond motifs is 2. The molecule has 12 heteroatoms. The van der Waals surface area contributed by atoms with Gasteiger partial charge in [0.05, 0.1) is 30.8 Å². The van der Waals surface area contributed by atoms with Crippen LogP contribution in [0, 0.1) is 6.92 Å². The topological polar surface area (TPSA) is 123 Å². The fourth-order valence-electron chi connectivity index (χ4n) is 7.30. The van der Waals surface area contributed by atoms with Crippen molar-refractivity contribution in [2.75, 3.05) is 19.0 Å². The molecule has 0 saturated carbocycles. The summed E-state index contributed by atoms with van der Waals surface area (Å²) in [4.78, 5) is 49.2. The first kappa shape index (κ1) is 38.7. The quantitative estimate of drug-likeness (QED) is 0.0711. The highest BCUT2D eigenvalue weighted by molar-refractivity contribution is 9.10. The Kier molecular flexibility index (Phi) is 13.4. The predicted octanol–water partition coefficient (Wildman–Crippen LogP) is 9.23. The molecule has 10 nitrogen and oxygen atoms in total. The molecule has 3 amide bonds. The lowest BCUT2D eigenvalue weighted by Gasteiger charge is -2.29. The van der Waals surface area contributed by atoms with Crippen molar-refractivity contribution in [3.63, 3.8) is 0 Å². The first-order valence-electron chi connectivity index (χ1n) is 19.0. The third-order valence-corrected chi connectivity index (χ3v) is 11.8. The number of methoxy groups -OCH3 is 1. The molecule has 2 unspecified atom stereocenters. The maximum absolute atomic E-state index is 13.0. The molecule has 6 rings (SSSR count). The van der Waals surface area contributed by atoms with Crippen molar-refractivity contribution in [3.05, 3.63) is 73.6 Å². The average molecular weight is 805 g/mol. The van der Waals surface area contributed by atoms with Crippen molar-refractivity contribution < 1.29 is 23.9 Å². The van der Waals surface area contributed by atoms with Crippen molar-refractivity contribution in [1.82, 2.24) is 20.2 Å². The number of carbonyl (C=O) groups excluding carboxylic acids is 3. The number of amides is 3. The van der Waals surface area contributed by atoms with Gasteiger partial charge in [0.25, 0.3) is 5.91 Å². The monoisotopic (exact) mass is 803 g/mol. The van der Waals surface area contributed by atoms with E-state index in [1.54, 1.807) is 23.3 Å². The first-order chi connectivity index (χ1) is 25.7. The number of piperidine rings is 1. The lowest BCUT2D eigenvalue weighted by molar-refractivity contribution is -0.136. The second kappa shape index (κ2) is 18.3. The lowest BCUT2D eigenvalue weighted by atomic mass is 10.0. The molecule has 53 heavy (non-hydrogen) atoms. The second-order valence-corrected chi connectivity index (χ2v) is 16.0. The molecule has 4 heterocycles. The number of aromatic nitrogens is 2. The third kappa shape index (κ3) is 9.75. The molecular weight excluding hydrogens is 754 g/mol. The fraction of sp³-hybridized carbons (Fsp3) is 0.488. The van der Waals surface area contributed by atoms with E-state index < -0.39 is 6.04 Å². The Labute approximate surface area is 324 Å². The molecule has 2 aromatic heterocycles. The van der Waals surface area contributed by atoms with Gasteiger partial charge >= 0.3 is 0 Å². The van der Waals surface area contributed by atoms with Crippen molar-refractivity contribution in [2.45, 2.75) is 116 Å². The molecule has 2 aliphatic heterocycles. The van der Waals surface area contributed by atoms with Crippen LogP contribution in [0.1, 0.15) is 122 Å². The van der Waals surface area contributed by atoms with Gasteiger partial charge < -0.3 is 19.7 Å². The number of ether oxygens (including phenoxy) is 2. The molecule has 0 radical (unpaired) electrons. The number of hydrogen-bond acceptors (Lipinski definition) is 9. The number of imide groups is 1. The predicted molar refractivity (Wildman–Crippen MR) is 213 cm³/mol. The highest BCUT2D eigenvalue weighted by atomic mass is 79.9. The van der Waals surface area contributed by atoms with Crippen LogP contribution in [0.3, 0.4) is 0 Å². The van der Waals surface area contributed by atoms with Gasteiger partial charge in [0, 0.05) is 39.1 Å². The van der Waals surface area contributed by atoms with E-state index in [9.17, 15) is 14.4 Å². The number of carbonyl (C=O) groups is 3. The Bertz CT molecular complexity index is 1930. The summed E-state index contributed by atoms with van der Waals surface area (Å²) in [5, 5.41) is 8.78. The summed E-state index contributed by atoms with van der Waals surface area (Å²) in [6.07, 6.45) is 13.5. The summed E-state index contributed by atoms with van der Waals surface area (Å²) >= 11 is 5.23. The third-order valence-electron chi connectivity index (χ3n) is 10.2. The Balaban J connectivity index is 0.849. The number of unbranched alkanes of at least 4 members (excludes halogenated alkanes) is 9. The van der Waals surface area contributed by atoms with Crippen LogP contribution in [0.25, 0.3) is 10.9 Å². The number of nitrogens with zero attached hydrogens (tertiary/aromatic N) is 3. The minimum Gasteiger partial charge on any atom is -0.493 e. The molecule has 282 valence electrons. The zero-order chi connectivity index (χ0) is 37.3. The molecule has 2 aromatic carbocycles. The van der Waals surface area contributed by atoms with Crippen LogP contribution >= 0.6 is 27.3 Å². The number of aryl methyl sites for hydroxylation is 2.